The fourth-order valence-electron chi connectivity index (χ4n) is 3.27. The second-order valence-electron chi connectivity index (χ2n) is 8.16. The van der Waals surface area contributed by atoms with Crippen LogP contribution in [0.2, 0.25) is 0 Å². The van der Waals surface area contributed by atoms with Crippen LogP contribution in [0.4, 0.5) is 0 Å². The number of hydrogen-bond acceptors (Lipinski definition) is 8. The van der Waals surface area contributed by atoms with Gasteiger partial charge in [0.25, 0.3) is 0 Å². The van der Waals surface area contributed by atoms with Crippen molar-refractivity contribution >= 4 is 18.1 Å². The van der Waals surface area contributed by atoms with E-state index in [1.54, 1.807) is 20.8 Å². The van der Waals surface area contributed by atoms with Gasteiger partial charge in [-0.05, 0) is 20.8 Å². The smallest absolute Gasteiger partial charge is 0.414 e. The van der Waals surface area contributed by atoms with Gasteiger partial charge in [-0.2, -0.15) is 4.79 Å². The van der Waals surface area contributed by atoms with Gasteiger partial charge in [-0.15, -0.1) is 0 Å². The monoisotopic (exact) mass is 435 g/mol. The van der Waals surface area contributed by atoms with Crippen molar-refractivity contribution in [3.8, 4) is 0 Å². The van der Waals surface area contributed by atoms with Crippen molar-refractivity contribution in [2.45, 2.75) is 57.8 Å². The van der Waals surface area contributed by atoms with Gasteiger partial charge in [-0.3, -0.25) is 4.79 Å². The van der Waals surface area contributed by atoms with E-state index in [2.05, 4.69) is 4.79 Å². The van der Waals surface area contributed by atoms with E-state index in [-0.39, 0.29) is 6.61 Å². The first kappa shape index (κ1) is 21.6. The maximum atomic E-state index is 12.7. The molecule has 0 aromatic heterocycles. The Hall–Kier alpha value is -2.62. The summed E-state index contributed by atoms with van der Waals surface area (Å²) in [7, 11) is 1.33. The molecule has 0 amide bonds. The predicted octanol–water partition coefficient (Wildman–Crippen LogP) is 1.64. The van der Waals surface area contributed by atoms with Gasteiger partial charge in [-0.1, -0.05) is 30.3 Å². The maximum absolute atomic E-state index is 12.7. The van der Waals surface area contributed by atoms with Gasteiger partial charge >= 0.3 is 18.1 Å². The molecule has 3 rings (SSSR count). The van der Waals surface area contributed by atoms with E-state index in [0.29, 0.717) is 0 Å². The molecule has 1 aromatic carbocycles. The van der Waals surface area contributed by atoms with Crippen molar-refractivity contribution in [1.82, 2.24) is 0 Å². The SMILES string of the molecule is [2H]C(=[N+]=[N-])C(=O)O[C@H]1[C@H](OC)O[C@@H]2COC(c3ccccc3)O[C@H]2[C@@H]1OC(=O)C(C)(C)C. The highest BCUT2D eigenvalue weighted by molar-refractivity contribution is 6.20. The van der Waals surface area contributed by atoms with Gasteiger partial charge in [0.15, 0.2) is 26.2 Å². The zero-order valence-corrected chi connectivity index (χ0v) is 17.7. The Morgan fingerprint density at radius 2 is 1.90 bits per heavy atom. The number of nitrogens with zero attached hydrogens (tertiary/aromatic N) is 2. The highest BCUT2D eigenvalue weighted by Crippen LogP contribution is 2.37. The Balaban J connectivity index is 1.94. The third-order valence-corrected chi connectivity index (χ3v) is 4.83. The van der Waals surface area contributed by atoms with Crippen LogP contribution in [-0.2, 0) is 38.0 Å². The van der Waals surface area contributed by atoms with Crippen LogP contribution in [0.15, 0.2) is 30.3 Å². The molecule has 6 atom stereocenters. The quantitative estimate of drug-likeness (QED) is 0.296. The van der Waals surface area contributed by atoms with Crippen LogP contribution in [0, 0.1) is 5.41 Å². The van der Waals surface area contributed by atoms with E-state index in [0.717, 1.165) is 5.56 Å². The van der Waals surface area contributed by atoms with Gasteiger partial charge in [-0.25, -0.2) is 4.79 Å². The van der Waals surface area contributed by atoms with E-state index >= 15 is 0 Å². The normalized spacial score (nSPS) is 30.9. The Labute approximate surface area is 181 Å². The van der Waals surface area contributed by atoms with Crippen LogP contribution in [0.3, 0.4) is 0 Å². The fraction of sp³-hybridized carbons (Fsp3) is 0.571. The molecule has 0 aliphatic carbocycles. The third kappa shape index (κ3) is 5.36. The van der Waals surface area contributed by atoms with Gasteiger partial charge in [0.05, 0.1) is 12.0 Å². The molecule has 10 heteroatoms. The molecule has 0 bridgehead atoms. The first-order valence-corrected chi connectivity index (χ1v) is 9.76. The summed E-state index contributed by atoms with van der Waals surface area (Å²) < 4.78 is 41.5. The molecule has 0 spiro atoms. The molecule has 2 saturated heterocycles. The van der Waals surface area contributed by atoms with Crippen LogP contribution >= 0.6 is 0 Å². The molecule has 0 N–H and O–H groups in total. The van der Waals surface area contributed by atoms with Crippen molar-refractivity contribution in [2.24, 2.45) is 5.41 Å². The molecule has 0 saturated carbocycles. The van der Waals surface area contributed by atoms with E-state index in [1.165, 1.54) is 7.11 Å². The second-order valence-corrected chi connectivity index (χ2v) is 8.16. The van der Waals surface area contributed by atoms with Crippen molar-refractivity contribution < 1.29 is 44.2 Å². The van der Waals surface area contributed by atoms with E-state index in [1.807, 2.05) is 30.3 Å². The zero-order chi connectivity index (χ0) is 23.5. The summed E-state index contributed by atoms with van der Waals surface area (Å²) in [5.74, 6) is -1.81. The Kier molecular flexibility index (Phi) is 6.74. The van der Waals surface area contributed by atoms with E-state index < -0.39 is 60.5 Å². The summed E-state index contributed by atoms with van der Waals surface area (Å²) in [6.07, 6.45) is -6.94. The molecular formula is C21H26N2O8. The Morgan fingerprint density at radius 3 is 2.52 bits per heavy atom. The standard InChI is InChI=1S/C21H26N2O8/c1-21(2,3)20(25)31-16-15-13(11-27-18(30-15)12-8-6-5-7-9-12)28-19(26-4)17(16)29-14(24)10-23-22/h5-10,13,15-19H,11H2,1-4H3/t13-,15-,16+,17-,18?,19-/m1/s1/i10D. The molecule has 0 radical (unpaired) electrons. The molecule has 168 valence electrons. The largest absolute Gasteiger partial charge is 0.455 e. The molecule has 1 unspecified atom stereocenters. The molecule has 10 nitrogen and oxygen atoms in total. The lowest BCUT2D eigenvalue weighted by molar-refractivity contribution is -0.359. The number of carbonyl (C=O) groups excluding carboxylic acids is 2. The topological polar surface area (TPSA) is 126 Å². The van der Waals surface area contributed by atoms with Gasteiger partial charge in [0.1, 0.15) is 12.2 Å². The average Bonchev–Trinajstić information content (AvgIpc) is 2.79. The lowest BCUT2D eigenvalue weighted by Crippen LogP contribution is -2.64. The highest BCUT2D eigenvalue weighted by atomic mass is 16.8. The summed E-state index contributed by atoms with van der Waals surface area (Å²) in [6.45, 7) is 5.15. The molecule has 31 heavy (non-hydrogen) atoms. The van der Waals surface area contributed by atoms with E-state index in [9.17, 15) is 9.59 Å². The number of ether oxygens (including phenoxy) is 6. The molecule has 2 heterocycles. The first-order valence-electron chi connectivity index (χ1n) is 10.3. The number of hydrogen-bond donors (Lipinski definition) is 0. The number of rotatable bonds is 5. The molecular weight excluding hydrogens is 408 g/mol. The lowest BCUT2D eigenvalue weighted by atomic mass is 9.94. The van der Waals surface area contributed by atoms with Crippen LogP contribution in [-0.4, -0.2) is 67.3 Å². The fourth-order valence-corrected chi connectivity index (χ4v) is 3.27. The minimum atomic E-state index is -1.29. The highest BCUT2D eigenvalue weighted by Gasteiger charge is 2.54. The molecule has 1 aromatic rings. The maximum Gasteiger partial charge on any atom is 0.414 e. The van der Waals surface area contributed by atoms with Gasteiger partial charge in [0, 0.05) is 12.7 Å². The summed E-state index contributed by atoms with van der Waals surface area (Å²) in [5.41, 5.74) is 8.62. The minimum Gasteiger partial charge on any atom is -0.455 e. The average molecular weight is 435 g/mol. The zero-order valence-electron chi connectivity index (χ0n) is 18.7. The Bertz CT molecular complexity index is 884. The van der Waals surface area contributed by atoms with Crippen LogP contribution < -0.4 is 0 Å². The molecule has 2 aliphatic rings. The summed E-state index contributed by atoms with van der Waals surface area (Å²) >= 11 is 0. The van der Waals surface area contributed by atoms with Crippen molar-refractivity contribution in [3.05, 3.63) is 41.4 Å². The van der Waals surface area contributed by atoms with Crippen molar-refractivity contribution in [3.63, 3.8) is 0 Å². The number of esters is 2. The third-order valence-electron chi connectivity index (χ3n) is 4.83. The van der Waals surface area contributed by atoms with E-state index in [4.69, 9.17) is 35.3 Å². The summed E-state index contributed by atoms with van der Waals surface area (Å²) in [5, 5.41) is 0. The number of fused-ring (bicyclic) bond motifs is 1. The Morgan fingerprint density at radius 1 is 1.19 bits per heavy atom. The van der Waals surface area contributed by atoms with Gasteiger partial charge in [0.2, 0.25) is 0 Å². The van der Waals surface area contributed by atoms with Gasteiger partial charge < -0.3 is 34.0 Å². The first-order chi connectivity index (χ1) is 15.2. The minimum absolute atomic E-state index is 0.107. The van der Waals surface area contributed by atoms with Crippen molar-refractivity contribution in [2.75, 3.05) is 13.7 Å². The number of carbonyl (C=O) groups is 2. The summed E-state index contributed by atoms with van der Waals surface area (Å²) in [6, 6.07) is 9.16. The van der Waals surface area contributed by atoms with Crippen LogP contribution in [0.1, 0.15) is 34.0 Å². The lowest BCUT2D eigenvalue weighted by Gasteiger charge is -2.48. The number of methoxy groups -OCH3 is 1. The summed E-state index contributed by atoms with van der Waals surface area (Å²) in [4.78, 5) is 27.4. The second kappa shape index (κ2) is 9.67. The molecule has 2 fully saturated rings. The van der Waals surface area contributed by atoms with Crippen LogP contribution in [0.5, 0.6) is 0 Å². The van der Waals surface area contributed by atoms with Crippen molar-refractivity contribution in [1.29, 1.82) is 0 Å². The number of benzene rings is 1. The van der Waals surface area contributed by atoms with Crippen LogP contribution in [0.25, 0.3) is 5.53 Å². The predicted molar refractivity (Wildman–Crippen MR) is 105 cm³/mol. The molecule has 2 aliphatic heterocycles.